The second-order valence-corrected chi connectivity index (χ2v) is 6.46. The molecule has 0 aliphatic heterocycles. The normalized spacial score (nSPS) is 12.4. The zero-order chi connectivity index (χ0) is 13.8. The third-order valence-electron chi connectivity index (χ3n) is 2.58. The van der Waals surface area contributed by atoms with Crippen LogP contribution in [0, 0.1) is 0 Å². The van der Waals surface area contributed by atoms with Crippen molar-refractivity contribution in [2.24, 2.45) is 5.73 Å². The Bertz CT molecular complexity index is 570. The van der Waals surface area contributed by atoms with E-state index in [9.17, 15) is 0 Å². The SMILES string of the molecule is CC(N)Cc1ccc(Sc2cccc(Cl)c2)c(Cl)c1. The smallest absolute Gasteiger partial charge is 0.0548 e. The summed E-state index contributed by atoms with van der Waals surface area (Å²) >= 11 is 13.9. The van der Waals surface area contributed by atoms with E-state index in [2.05, 4.69) is 6.07 Å². The summed E-state index contributed by atoms with van der Waals surface area (Å²) in [7, 11) is 0. The highest BCUT2D eigenvalue weighted by Crippen LogP contribution is 2.34. The van der Waals surface area contributed by atoms with Gasteiger partial charge in [0.25, 0.3) is 0 Å². The minimum Gasteiger partial charge on any atom is -0.328 e. The minimum atomic E-state index is 0.141. The van der Waals surface area contributed by atoms with Crippen molar-refractivity contribution in [3.05, 3.63) is 58.1 Å². The number of halogens is 2. The first-order valence-electron chi connectivity index (χ1n) is 6.02. The summed E-state index contributed by atoms with van der Waals surface area (Å²) in [6, 6.07) is 14.0. The van der Waals surface area contributed by atoms with Crippen LogP contribution in [0.5, 0.6) is 0 Å². The molecule has 1 unspecified atom stereocenters. The molecule has 0 amide bonds. The Morgan fingerprint density at radius 3 is 2.58 bits per heavy atom. The van der Waals surface area contributed by atoms with E-state index in [1.165, 1.54) is 0 Å². The van der Waals surface area contributed by atoms with Crippen LogP contribution < -0.4 is 5.73 Å². The van der Waals surface area contributed by atoms with Crippen LogP contribution in [0.25, 0.3) is 0 Å². The average molecular weight is 312 g/mol. The lowest BCUT2D eigenvalue weighted by Gasteiger charge is -2.09. The molecule has 0 aliphatic rings. The van der Waals surface area contributed by atoms with Crippen molar-refractivity contribution in [3.63, 3.8) is 0 Å². The van der Waals surface area contributed by atoms with E-state index in [1.54, 1.807) is 11.8 Å². The van der Waals surface area contributed by atoms with Gasteiger partial charge in [0, 0.05) is 20.9 Å². The molecule has 100 valence electrons. The lowest BCUT2D eigenvalue weighted by atomic mass is 10.1. The van der Waals surface area contributed by atoms with Gasteiger partial charge in [0.1, 0.15) is 0 Å². The van der Waals surface area contributed by atoms with Gasteiger partial charge in [-0.3, -0.25) is 0 Å². The van der Waals surface area contributed by atoms with Crippen LogP contribution in [0.3, 0.4) is 0 Å². The molecular formula is C15H15Cl2NS. The van der Waals surface area contributed by atoms with Gasteiger partial charge in [-0.1, -0.05) is 47.1 Å². The van der Waals surface area contributed by atoms with Gasteiger partial charge in [-0.2, -0.15) is 0 Å². The third-order valence-corrected chi connectivity index (χ3v) is 4.30. The maximum atomic E-state index is 6.31. The number of hydrogen-bond acceptors (Lipinski definition) is 2. The third kappa shape index (κ3) is 4.43. The van der Waals surface area contributed by atoms with E-state index in [1.807, 2.05) is 43.3 Å². The lowest BCUT2D eigenvalue weighted by Crippen LogP contribution is -2.17. The number of benzene rings is 2. The van der Waals surface area contributed by atoms with Gasteiger partial charge < -0.3 is 5.73 Å². The van der Waals surface area contributed by atoms with Crippen molar-refractivity contribution in [1.29, 1.82) is 0 Å². The Hall–Kier alpha value is -0.670. The fourth-order valence-electron chi connectivity index (χ4n) is 1.78. The molecule has 2 aromatic carbocycles. The minimum absolute atomic E-state index is 0.141. The van der Waals surface area contributed by atoms with Gasteiger partial charge in [0.15, 0.2) is 0 Å². The monoisotopic (exact) mass is 311 g/mol. The average Bonchev–Trinajstić information content (AvgIpc) is 2.32. The predicted molar refractivity (Wildman–Crippen MR) is 84.4 cm³/mol. The molecule has 1 atom stereocenters. The molecule has 0 saturated heterocycles. The molecule has 0 heterocycles. The first-order chi connectivity index (χ1) is 9.04. The molecule has 0 bridgehead atoms. The summed E-state index contributed by atoms with van der Waals surface area (Å²) in [6.45, 7) is 1.99. The Kier molecular flexibility index (Phi) is 5.17. The largest absolute Gasteiger partial charge is 0.328 e. The first-order valence-corrected chi connectivity index (χ1v) is 7.59. The Morgan fingerprint density at radius 2 is 1.95 bits per heavy atom. The van der Waals surface area contributed by atoms with Crippen molar-refractivity contribution in [2.75, 3.05) is 0 Å². The fraction of sp³-hybridized carbons (Fsp3) is 0.200. The molecular weight excluding hydrogens is 297 g/mol. The molecule has 2 rings (SSSR count). The highest BCUT2D eigenvalue weighted by atomic mass is 35.5. The van der Waals surface area contributed by atoms with Crippen LogP contribution in [0.15, 0.2) is 52.3 Å². The highest BCUT2D eigenvalue weighted by molar-refractivity contribution is 7.99. The molecule has 0 spiro atoms. The van der Waals surface area contributed by atoms with Gasteiger partial charge in [0.2, 0.25) is 0 Å². The van der Waals surface area contributed by atoms with Crippen LogP contribution >= 0.6 is 35.0 Å². The molecule has 0 radical (unpaired) electrons. The molecule has 19 heavy (non-hydrogen) atoms. The molecule has 2 N–H and O–H groups in total. The van der Waals surface area contributed by atoms with E-state index in [0.717, 1.165) is 31.8 Å². The van der Waals surface area contributed by atoms with Crippen LogP contribution in [-0.2, 0) is 6.42 Å². The number of nitrogens with two attached hydrogens (primary N) is 1. The van der Waals surface area contributed by atoms with Crippen LogP contribution in [-0.4, -0.2) is 6.04 Å². The van der Waals surface area contributed by atoms with Crippen molar-refractivity contribution in [1.82, 2.24) is 0 Å². The predicted octanol–water partition coefficient (Wildman–Crippen LogP) is 5.03. The molecule has 2 aromatic rings. The number of rotatable bonds is 4. The fourth-order valence-corrected chi connectivity index (χ4v) is 3.24. The van der Waals surface area contributed by atoms with E-state index in [0.29, 0.717) is 0 Å². The Balaban J connectivity index is 2.17. The molecule has 0 aliphatic carbocycles. The summed E-state index contributed by atoms with van der Waals surface area (Å²) in [5.41, 5.74) is 6.95. The second kappa shape index (κ2) is 6.67. The Labute approximate surface area is 128 Å². The lowest BCUT2D eigenvalue weighted by molar-refractivity contribution is 0.738. The van der Waals surface area contributed by atoms with Gasteiger partial charge >= 0.3 is 0 Å². The maximum Gasteiger partial charge on any atom is 0.0548 e. The summed E-state index contributed by atoms with van der Waals surface area (Å²) in [5.74, 6) is 0. The van der Waals surface area contributed by atoms with Crippen LogP contribution in [0.2, 0.25) is 10.0 Å². The van der Waals surface area contributed by atoms with Gasteiger partial charge in [-0.05, 0) is 49.2 Å². The van der Waals surface area contributed by atoms with Gasteiger partial charge in [-0.15, -0.1) is 0 Å². The zero-order valence-corrected chi connectivity index (χ0v) is 12.9. The second-order valence-electron chi connectivity index (χ2n) is 4.51. The zero-order valence-electron chi connectivity index (χ0n) is 10.6. The summed E-state index contributed by atoms with van der Waals surface area (Å²) in [6.07, 6.45) is 0.835. The van der Waals surface area contributed by atoms with Crippen molar-refractivity contribution in [3.8, 4) is 0 Å². The topological polar surface area (TPSA) is 26.0 Å². The summed E-state index contributed by atoms with van der Waals surface area (Å²) in [4.78, 5) is 2.10. The quantitative estimate of drug-likeness (QED) is 0.856. The molecule has 0 aromatic heterocycles. The molecule has 0 saturated carbocycles. The standard InChI is InChI=1S/C15H15Cl2NS/c1-10(18)7-11-5-6-15(14(17)8-11)19-13-4-2-3-12(16)9-13/h2-6,8-10H,7,18H2,1H3. The van der Waals surface area contributed by atoms with Gasteiger partial charge in [0.05, 0.1) is 5.02 Å². The van der Waals surface area contributed by atoms with Gasteiger partial charge in [-0.25, -0.2) is 0 Å². The van der Waals surface area contributed by atoms with Crippen molar-refractivity contribution < 1.29 is 0 Å². The van der Waals surface area contributed by atoms with E-state index >= 15 is 0 Å². The molecule has 1 nitrogen and oxygen atoms in total. The summed E-state index contributed by atoms with van der Waals surface area (Å²) in [5, 5.41) is 1.48. The molecule has 4 heteroatoms. The van der Waals surface area contributed by atoms with E-state index in [4.69, 9.17) is 28.9 Å². The van der Waals surface area contributed by atoms with Crippen LogP contribution in [0.4, 0.5) is 0 Å². The van der Waals surface area contributed by atoms with Crippen molar-refractivity contribution >= 4 is 35.0 Å². The van der Waals surface area contributed by atoms with Crippen molar-refractivity contribution in [2.45, 2.75) is 29.2 Å². The van der Waals surface area contributed by atoms with E-state index in [-0.39, 0.29) is 6.04 Å². The summed E-state index contributed by atoms with van der Waals surface area (Å²) < 4.78 is 0. The molecule has 0 fully saturated rings. The Morgan fingerprint density at radius 1 is 1.16 bits per heavy atom. The van der Waals surface area contributed by atoms with Crippen LogP contribution in [0.1, 0.15) is 12.5 Å². The highest BCUT2D eigenvalue weighted by Gasteiger charge is 2.06. The number of hydrogen-bond donors (Lipinski definition) is 1. The van der Waals surface area contributed by atoms with E-state index < -0.39 is 0 Å². The first kappa shape index (κ1) is 14.7. The maximum absolute atomic E-state index is 6.31.